The first-order valence-corrected chi connectivity index (χ1v) is 1.65. The van der Waals surface area contributed by atoms with Gasteiger partial charge in [0.15, 0.2) is 0 Å². The molecule has 0 bridgehead atoms. The molecule has 0 aliphatic carbocycles. The van der Waals surface area contributed by atoms with Crippen LogP contribution in [0.2, 0.25) is 0 Å². The van der Waals surface area contributed by atoms with Gasteiger partial charge in [0.05, 0.1) is 0 Å². The second-order valence-electron chi connectivity index (χ2n) is 0.746. The quantitative estimate of drug-likeness (QED) is 0.475. The SMILES string of the molecule is CC=CN[C]=O. The molecule has 0 rings (SSSR count). The summed E-state index contributed by atoms with van der Waals surface area (Å²) in [6, 6.07) is 0. The van der Waals surface area contributed by atoms with Crippen LogP contribution in [0.1, 0.15) is 6.92 Å². The van der Waals surface area contributed by atoms with Crippen LogP contribution >= 0.6 is 0 Å². The van der Waals surface area contributed by atoms with Crippen LogP contribution in [0, 0.1) is 0 Å². The molecular weight excluding hydrogens is 78.0 g/mol. The summed E-state index contributed by atoms with van der Waals surface area (Å²) in [5.74, 6) is 0. The topological polar surface area (TPSA) is 29.1 Å². The molecule has 0 atom stereocenters. The van der Waals surface area contributed by atoms with Crippen LogP contribution in [-0.2, 0) is 4.79 Å². The summed E-state index contributed by atoms with van der Waals surface area (Å²) < 4.78 is 0. The number of rotatable bonds is 2. The molecule has 0 aromatic rings. The van der Waals surface area contributed by atoms with E-state index in [0.29, 0.717) is 0 Å². The number of amides is 1. The van der Waals surface area contributed by atoms with Crippen LogP contribution in [0.5, 0.6) is 0 Å². The fourth-order valence-electron chi connectivity index (χ4n) is 0.117. The molecule has 33 valence electrons. The molecule has 0 heterocycles. The second kappa shape index (κ2) is 4.21. The number of nitrogens with one attached hydrogen (secondary N) is 1. The molecule has 6 heavy (non-hydrogen) atoms. The number of carbonyl (C=O) groups excluding carboxylic acids is 1. The molecule has 0 aromatic carbocycles. The summed E-state index contributed by atoms with van der Waals surface area (Å²) in [7, 11) is 0. The zero-order valence-corrected chi connectivity index (χ0v) is 3.56. The molecule has 1 amide bonds. The van der Waals surface area contributed by atoms with E-state index in [9.17, 15) is 4.79 Å². The van der Waals surface area contributed by atoms with Crippen molar-refractivity contribution in [3.05, 3.63) is 12.3 Å². The molecule has 0 unspecified atom stereocenters. The van der Waals surface area contributed by atoms with Crippen molar-refractivity contribution in [3.8, 4) is 0 Å². The third-order valence-electron chi connectivity index (χ3n) is 0.309. The third kappa shape index (κ3) is 3.21. The molecule has 0 aliphatic heterocycles. The minimum Gasteiger partial charge on any atom is -0.325 e. The van der Waals surface area contributed by atoms with Crippen LogP contribution < -0.4 is 5.32 Å². The lowest BCUT2D eigenvalue weighted by Gasteiger charge is -1.72. The van der Waals surface area contributed by atoms with Gasteiger partial charge in [0, 0.05) is 0 Å². The summed E-state index contributed by atoms with van der Waals surface area (Å²) in [5, 5.41) is 2.21. The van der Waals surface area contributed by atoms with E-state index in [2.05, 4.69) is 5.32 Å². The van der Waals surface area contributed by atoms with Crippen LogP contribution in [0.15, 0.2) is 12.3 Å². The minimum absolute atomic E-state index is 1.48. The first-order valence-electron chi connectivity index (χ1n) is 1.65. The molecular formula is C4H6NO. The van der Waals surface area contributed by atoms with Gasteiger partial charge in [-0.3, -0.25) is 4.79 Å². The fourth-order valence-corrected chi connectivity index (χ4v) is 0.117. The smallest absolute Gasteiger partial charge is 0.313 e. The summed E-state index contributed by atoms with van der Waals surface area (Å²) in [6.07, 6.45) is 4.70. The first kappa shape index (κ1) is 5.21. The van der Waals surface area contributed by atoms with Gasteiger partial charge in [-0.15, -0.1) is 0 Å². The van der Waals surface area contributed by atoms with Crippen molar-refractivity contribution < 1.29 is 4.79 Å². The Balaban J connectivity index is 2.85. The average Bonchev–Trinajstić information content (AvgIpc) is 1.61. The Labute approximate surface area is 36.9 Å². The van der Waals surface area contributed by atoms with Crippen LogP contribution in [-0.4, -0.2) is 6.41 Å². The molecule has 0 saturated carbocycles. The standard InChI is InChI=1S/C4H6NO/c1-2-3-5-4-6/h2-3H,1H3,(H,5,6). The van der Waals surface area contributed by atoms with Crippen molar-refractivity contribution >= 4 is 6.41 Å². The molecule has 0 aromatic heterocycles. The third-order valence-corrected chi connectivity index (χ3v) is 0.309. The van der Waals surface area contributed by atoms with Crippen molar-refractivity contribution in [2.24, 2.45) is 0 Å². The Bertz CT molecular complexity index is 58.6. The zero-order valence-electron chi connectivity index (χ0n) is 3.56. The molecule has 2 nitrogen and oxygen atoms in total. The zero-order chi connectivity index (χ0) is 4.83. The highest BCUT2D eigenvalue weighted by Crippen LogP contribution is 1.54. The van der Waals surface area contributed by atoms with Gasteiger partial charge in [-0.1, -0.05) is 6.08 Å². The number of allylic oxidation sites excluding steroid dienone is 1. The van der Waals surface area contributed by atoms with Gasteiger partial charge in [-0.05, 0) is 13.1 Å². The second-order valence-corrected chi connectivity index (χ2v) is 0.746. The van der Waals surface area contributed by atoms with Gasteiger partial charge in [0.1, 0.15) is 0 Å². The molecule has 1 N–H and O–H groups in total. The van der Waals surface area contributed by atoms with Crippen molar-refractivity contribution in [2.45, 2.75) is 6.92 Å². The van der Waals surface area contributed by atoms with E-state index in [1.54, 1.807) is 6.08 Å². The van der Waals surface area contributed by atoms with Gasteiger partial charge in [0.25, 0.3) is 0 Å². The maximum Gasteiger partial charge on any atom is 0.313 e. The minimum atomic E-state index is 1.48. The summed E-state index contributed by atoms with van der Waals surface area (Å²) in [4.78, 5) is 9.28. The summed E-state index contributed by atoms with van der Waals surface area (Å²) in [6.45, 7) is 1.81. The first-order chi connectivity index (χ1) is 2.91. The van der Waals surface area contributed by atoms with Gasteiger partial charge in [-0.2, -0.15) is 0 Å². The van der Waals surface area contributed by atoms with Crippen molar-refractivity contribution in [1.29, 1.82) is 0 Å². The van der Waals surface area contributed by atoms with Crippen molar-refractivity contribution in [1.82, 2.24) is 5.32 Å². The highest BCUT2D eigenvalue weighted by molar-refractivity contribution is 5.48. The molecule has 0 spiro atoms. The summed E-state index contributed by atoms with van der Waals surface area (Å²) in [5.41, 5.74) is 0. The highest BCUT2D eigenvalue weighted by atomic mass is 16.1. The van der Waals surface area contributed by atoms with E-state index >= 15 is 0 Å². The lowest BCUT2D eigenvalue weighted by molar-refractivity contribution is 0.550. The predicted octanol–water partition coefficient (Wildman–Crippen LogP) is 0.177. The average molecular weight is 84.1 g/mol. The fraction of sp³-hybridized carbons (Fsp3) is 0.250. The van der Waals surface area contributed by atoms with Gasteiger partial charge in [0.2, 0.25) is 0 Å². The Kier molecular flexibility index (Phi) is 3.66. The Hall–Kier alpha value is -0.790. The highest BCUT2D eigenvalue weighted by Gasteiger charge is 1.59. The molecule has 0 aliphatic rings. The van der Waals surface area contributed by atoms with E-state index in [0.717, 1.165) is 0 Å². The van der Waals surface area contributed by atoms with Crippen LogP contribution in [0.4, 0.5) is 0 Å². The number of hydrogen-bond donors (Lipinski definition) is 1. The molecule has 0 saturated heterocycles. The van der Waals surface area contributed by atoms with E-state index in [-0.39, 0.29) is 0 Å². The lowest BCUT2D eigenvalue weighted by atomic mass is 10.7. The van der Waals surface area contributed by atoms with Gasteiger partial charge < -0.3 is 5.32 Å². The van der Waals surface area contributed by atoms with Crippen molar-refractivity contribution in [2.75, 3.05) is 0 Å². The van der Waals surface area contributed by atoms with Gasteiger partial charge >= 0.3 is 6.41 Å². The Morgan fingerprint density at radius 1 is 1.83 bits per heavy atom. The predicted molar refractivity (Wildman–Crippen MR) is 23.6 cm³/mol. The Morgan fingerprint density at radius 2 is 2.50 bits per heavy atom. The molecule has 1 radical (unpaired) electrons. The Morgan fingerprint density at radius 3 is 2.67 bits per heavy atom. The maximum absolute atomic E-state index is 9.28. The molecule has 0 fully saturated rings. The van der Waals surface area contributed by atoms with Gasteiger partial charge in [-0.25, -0.2) is 0 Å². The molecule has 2 heteroatoms. The van der Waals surface area contributed by atoms with E-state index in [1.807, 2.05) is 6.92 Å². The lowest BCUT2D eigenvalue weighted by Crippen LogP contribution is -1.97. The van der Waals surface area contributed by atoms with Crippen molar-refractivity contribution in [3.63, 3.8) is 0 Å². The van der Waals surface area contributed by atoms with Crippen LogP contribution in [0.25, 0.3) is 0 Å². The van der Waals surface area contributed by atoms with E-state index in [4.69, 9.17) is 0 Å². The largest absolute Gasteiger partial charge is 0.325 e. The monoisotopic (exact) mass is 84.0 g/mol. The van der Waals surface area contributed by atoms with E-state index in [1.165, 1.54) is 12.6 Å². The van der Waals surface area contributed by atoms with Crippen LogP contribution in [0.3, 0.4) is 0 Å². The summed E-state index contributed by atoms with van der Waals surface area (Å²) >= 11 is 0. The van der Waals surface area contributed by atoms with E-state index < -0.39 is 0 Å². The normalized spacial score (nSPS) is 8.83. The number of hydrogen-bond acceptors (Lipinski definition) is 1. The maximum atomic E-state index is 9.28.